The maximum Gasteiger partial charge on any atom is 0.155 e. The molecular formula is C18H20N2O3. The lowest BCUT2D eigenvalue weighted by atomic mass is 10.2. The predicted octanol–water partition coefficient (Wildman–Crippen LogP) is 2.14. The van der Waals surface area contributed by atoms with Crippen molar-refractivity contribution in [2.45, 2.75) is 19.6 Å². The summed E-state index contributed by atoms with van der Waals surface area (Å²) in [6.07, 6.45) is 1.59. The molecule has 1 unspecified atom stereocenters. The molecule has 0 amide bonds. The van der Waals surface area contributed by atoms with Crippen LogP contribution in [0.15, 0.2) is 59.7 Å². The van der Waals surface area contributed by atoms with E-state index in [1.165, 1.54) is 6.92 Å². The average Bonchev–Trinajstić information content (AvgIpc) is 2.58. The Balaban J connectivity index is 1.85. The molecular weight excluding hydrogens is 292 g/mol. The molecule has 0 aliphatic rings. The number of carbonyl (C=O) groups excluding carboxylic acids is 1. The molecule has 0 aliphatic heterocycles. The van der Waals surface area contributed by atoms with Gasteiger partial charge in [-0.05, 0) is 42.3 Å². The molecule has 0 radical (unpaired) electrons. The van der Waals surface area contributed by atoms with E-state index in [0.717, 1.165) is 16.9 Å². The summed E-state index contributed by atoms with van der Waals surface area (Å²) in [5.74, 6) is 0.616. The van der Waals surface area contributed by atoms with Crippen molar-refractivity contribution in [1.29, 1.82) is 0 Å². The number of ketones is 1. The molecule has 0 fully saturated rings. The van der Waals surface area contributed by atoms with Gasteiger partial charge >= 0.3 is 0 Å². The van der Waals surface area contributed by atoms with Crippen LogP contribution in [0.4, 0.5) is 0 Å². The largest absolute Gasteiger partial charge is 0.489 e. The third kappa shape index (κ3) is 5.56. The van der Waals surface area contributed by atoms with Gasteiger partial charge in [0.1, 0.15) is 18.4 Å². The van der Waals surface area contributed by atoms with Crippen molar-refractivity contribution >= 4 is 12.0 Å². The highest BCUT2D eigenvalue weighted by Crippen LogP contribution is 2.13. The van der Waals surface area contributed by atoms with Crippen LogP contribution in [0.25, 0.3) is 0 Å². The molecule has 120 valence electrons. The van der Waals surface area contributed by atoms with Gasteiger partial charge in [-0.25, -0.2) is 0 Å². The van der Waals surface area contributed by atoms with Gasteiger partial charge < -0.3 is 9.84 Å². The van der Waals surface area contributed by atoms with Gasteiger partial charge in [0.15, 0.2) is 5.78 Å². The Morgan fingerprint density at radius 3 is 2.52 bits per heavy atom. The fourth-order valence-electron chi connectivity index (χ4n) is 1.85. The summed E-state index contributed by atoms with van der Waals surface area (Å²) in [5, 5.41) is 13.0. The standard InChI is InChI=1S/C18H20N2O3/c1-14(22)18(12-21)20-19-11-15-7-9-17(10-8-15)23-13-16-5-3-2-4-6-16/h2-11,18,20-21H,12-13H2,1H3. The van der Waals surface area contributed by atoms with Gasteiger partial charge in [0.05, 0.1) is 12.8 Å². The number of nitrogens with zero attached hydrogens (tertiary/aromatic N) is 1. The summed E-state index contributed by atoms with van der Waals surface area (Å²) in [6, 6.07) is 16.7. The molecule has 2 rings (SSSR count). The molecule has 2 aromatic carbocycles. The molecule has 0 aromatic heterocycles. The highest BCUT2D eigenvalue weighted by Gasteiger charge is 2.09. The number of hydrazone groups is 1. The highest BCUT2D eigenvalue weighted by atomic mass is 16.5. The minimum absolute atomic E-state index is 0.158. The molecule has 2 aromatic rings. The maximum atomic E-state index is 11.1. The van der Waals surface area contributed by atoms with Crippen LogP contribution in [0.1, 0.15) is 18.1 Å². The molecule has 5 nitrogen and oxygen atoms in total. The average molecular weight is 312 g/mol. The molecule has 2 N–H and O–H groups in total. The molecule has 23 heavy (non-hydrogen) atoms. The topological polar surface area (TPSA) is 70.9 Å². The molecule has 0 saturated heterocycles. The van der Waals surface area contributed by atoms with E-state index in [9.17, 15) is 4.79 Å². The van der Waals surface area contributed by atoms with E-state index in [1.807, 2.05) is 54.6 Å². The van der Waals surface area contributed by atoms with Crippen molar-refractivity contribution < 1.29 is 14.6 Å². The first-order chi connectivity index (χ1) is 11.2. The Labute approximate surface area is 135 Å². The van der Waals surface area contributed by atoms with Crippen molar-refractivity contribution in [3.63, 3.8) is 0 Å². The maximum absolute atomic E-state index is 11.1. The first kappa shape index (κ1) is 16.7. The summed E-state index contributed by atoms with van der Waals surface area (Å²) in [7, 11) is 0. The summed E-state index contributed by atoms with van der Waals surface area (Å²) >= 11 is 0. The monoisotopic (exact) mass is 312 g/mol. The summed E-state index contributed by atoms with van der Waals surface area (Å²) < 4.78 is 5.70. The van der Waals surface area contributed by atoms with Gasteiger partial charge in [-0.15, -0.1) is 0 Å². The van der Waals surface area contributed by atoms with Crippen LogP contribution in [-0.4, -0.2) is 29.8 Å². The van der Waals surface area contributed by atoms with Crippen LogP contribution in [-0.2, 0) is 11.4 Å². The van der Waals surface area contributed by atoms with E-state index in [4.69, 9.17) is 9.84 Å². The Morgan fingerprint density at radius 1 is 1.22 bits per heavy atom. The van der Waals surface area contributed by atoms with Crippen molar-refractivity contribution in [1.82, 2.24) is 5.43 Å². The van der Waals surface area contributed by atoms with E-state index in [-0.39, 0.29) is 12.4 Å². The minimum Gasteiger partial charge on any atom is -0.489 e. The molecule has 1 atom stereocenters. The van der Waals surface area contributed by atoms with Crippen LogP contribution in [0.2, 0.25) is 0 Å². The number of benzene rings is 2. The van der Waals surface area contributed by atoms with Crippen molar-refractivity contribution in [2.24, 2.45) is 5.10 Å². The van der Waals surface area contributed by atoms with E-state index >= 15 is 0 Å². The van der Waals surface area contributed by atoms with Crippen LogP contribution >= 0.6 is 0 Å². The van der Waals surface area contributed by atoms with E-state index in [0.29, 0.717) is 6.61 Å². The number of aliphatic hydroxyl groups excluding tert-OH is 1. The number of nitrogens with one attached hydrogen (secondary N) is 1. The Morgan fingerprint density at radius 2 is 1.91 bits per heavy atom. The SMILES string of the molecule is CC(=O)C(CO)NN=Cc1ccc(OCc2ccccc2)cc1. The fraction of sp³-hybridized carbons (Fsp3) is 0.222. The number of aliphatic hydroxyl groups is 1. The molecule has 0 heterocycles. The van der Waals surface area contributed by atoms with Gasteiger partial charge in [-0.2, -0.15) is 5.10 Å². The second-order valence-corrected chi connectivity index (χ2v) is 5.08. The van der Waals surface area contributed by atoms with E-state index < -0.39 is 6.04 Å². The zero-order valence-electron chi connectivity index (χ0n) is 13.0. The quantitative estimate of drug-likeness (QED) is 0.579. The summed E-state index contributed by atoms with van der Waals surface area (Å²) in [6.45, 7) is 1.65. The number of hydrogen-bond donors (Lipinski definition) is 2. The van der Waals surface area contributed by atoms with Crippen LogP contribution in [0.5, 0.6) is 5.75 Å². The lowest BCUT2D eigenvalue weighted by Gasteiger charge is -2.09. The number of ether oxygens (including phenoxy) is 1. The molecule has 5 heteroatoms. The third-order valence-electron chi connectivity index (χ3n) is 3.25. The second-order valence-electron chi connectivity index (χ2n) is 5.08. The molecule has 0 aliphatic carbocycles. The number of Topliss-reactive ketones (excluding diaryl/α,β-unsaturated/α-hetero) is 1. The number of rotatable bonds is 8. The minimum atomic E-state index is -0.667. The number of hydrogen-bond acceptors (Lipinski definition) is 5. The van der Waals surface area contributed by atoms with Gasteiger partial charge in [0.2, 0.25) is 0 Å². The first-order valence-electron chi connectivity index (χ1n) is 7.35. The van der Waals surface area contributed by atoms with Gasteiger partial charge in [0.25, 0.3) is 0 Å². The Kier molecular flexibility index (Phi) is 6.32. The van der Waals surface area contributed by atoms with Crippen molar-refractivity contribution in [2.75, 3.05) is 6.61 Å². The first-order valence-corrected chi connectivity index (χ1v) is 7.35. The lowest BCUT2D eigenvalue weighted by molar-refractivity contribution is -0.119. The molecule has 0 spiro atoms. The van der Waals surface area contributed by atoms with E-state index in [2.05, 4.69) is 10.5 Å². The zero-order chi connectivity index (χ0) is 16.5. The Hall–Kier alpha value is -2.66. The molecule has 0 bridgehead atoms. The predicted molar refractivity (Wildman–Crippen MR) is 89.5 cm³/mol. The fourth-order valence-corrected chi connectivity index (χ4v) is 1.85. The summed E-state index contributed by atoms with van der Waals surface area (Å²) in [5.41, 5.74) is 4.60. The van der Waals surface area contributed by atoms with Crippen LogP contribution in [0.3, 0.4) is 0 Å². The van der Waals surface area contributed by atoms with Gasteiger partial charge in [-0.3, -0.25) is 10.2 Å². The normalized spacial score (nSPS) is 12.1. The van der Waals surface area contributed by atoms with Crippen molar-refractivity contribution in [3.8, 4) is 5.75 Å². The third-order valence-corrected chi connectivity index (χ3v) is 3.25. The summed E-state index contributed by atoms with van der Waals surface area (Å²) in [4.78, 5) is 11.1. The van der Waals surface area contributed by atoms with Crippen molar-refractivity contribution in [3.05, 3.63) is 65.7 Å². The smallest absolute Gasteiger partial charge is 0.155 e. The lowest BCUT2D eigenvalue weighted by Crippen LogP contribution is -2.35. The van der Waals surface area contributed by atoms with Crippen LogP contribution < -0.4 is 10.2 Å². The van der Waals surface area contributed by atoms with Gasteiger partial charge in [0, 0.05) is 0 Å². The van der Waals surface area contributed by atoms with E-state index in [1.54, 1.807) is 6.21 Å². The second kappa shape index (κ2) is 8.70. The Bertz CT molecular complexity index is 639. The zero-order valence-corrected chi connectivity index (χ0v) is 13.0. The number of carbonyl (C=O) groups is 1. The van der Waals surface area contributed by atoms with Crippen LogP contribution in [0, 0.1) is 0 Å². The highest BCUT2D eigenvalue weighted by molar-refractivity contribution is 5.82. The molecule has 0 saturated carbocycles. The van der Waals surface area contributed by atoms with Gasteiger partial charge in [-0.1, -0.05) is 30.3 Å².